The Labute approximate surface area is 125 Å². The molecular formula is C13H14BrCl2NO. The van der Waals surface area contributed by atoms with Crippen LogP contribution in [-0.2, 0) is 0 Å². The van der Waals surface area contributed by atoms with Gasteiger partial charge < -0.3 is 4.90 Å². The second-order valence-electron chi connectivity index (χ2n) is 4.51. The number of alkyl halides is 1. The third-order valence-electron chi connectivity index (χ3n) is 3.28. The molecule has 1 heterocycles. The number of piperidine rings is 1. The Kier molecular flexibility index (Phi) is 4.93. The van der Waals surface area contributed by atoms with Crippen LogP contribution in [0.4, 0.5) is 0 Å². The van der Waals surface area contributed by atoms with Crippen molar-refractivity contribution >= 4 is 45.0 Å². The second-order valence-corrected chi connectivity index (χ2v) is 6.01. The number of hydrogen-bond acceptors (Lipinski definition) is 1. The summed E-state index contributed by atoms with van der Waals surface area (Å²) in [6.45, 7) is 1.58. The van der Waals surface area contributed by atoms with Gasteiger partial charge in [0.05, 0.1) is 10.6 Å². The van der Waals surface area contributed by atoms with Crippen LogP contribution in [0.2, 0.25) is 10.0 Å². The first-order valence-electron chi connectivity index (χ1n) is 5.92. The lowest BCUT2D eigenvalue weighted by atomic mass is 9.98. The quantitative estimate of drug-likeness (QED) is 0.730. The van der Waals surface area contributed by atoms with Crippen LogP contribution in [0.3, 0.4) is 0 Å². The zero-order valence-electron chi connectivity index (χ0n) is 9.83. The van der Waals surface area contributed by atoms with Crippen LogP contribution in [0.5, 0.6) is 0 Å². The standard InChI is InChI=1S/C13H14BrCl2NO/c14-8-9-3-5-17(6-4-9)13(18)11-7-10(15)1-2-12(11)16/h1-2,7,9H,3-6,8H2. The number of halogens is 3. The third kappa shape index (κ3) is 3.19. The summed E-state index contributed by atoms with van der Waals surface area (Å²) in [5.74, 6) is 0.652. The molecule has 2 nitrogen and oxygen atoms in total. The molecule has 0 atom stereocenters. The van der Waals surface area contributed by atoms with Crippen molar-refractivity contribution in [3.05, 3.63) is 33.8 Å². The van der Waals surface area contributed by atoms with Crippen LogP contribution in [0.25, 0.3) is 0 Å². The van der Waals surface area contributed by atoms with Crippen molar-refractivity contribution in [3.8, 4) is 0 Å². The molecule has 0 spiro atoms. The van der Waals surface area contributed by atoms with Crippen LogP contribution in [0.15, 0.2) is 18.2 Å². The number of rotatable bonds is 2. The topological polar surface area (TPSA) is 20.3 Å². The highest BCUT2D eigenvalue weighted by molar-refractivity contribution is 9.09. The van der Waals surface area contributed by atoms with Crippen LogP contribution in [0, 0.1) is 5.92 Å². The molecule has 5 heteroatoms. The summed E-state index contributed by atoms with van der Waals surface area (Å²) in [5, 5.41) is 2.01. The summed E-state index contributed by atoms with van der Waals surface area (Å²) in [7, 11) is 0. The molecule has 1 aliphatic rings. The number of hydrogen-bond donors (Lipinski definition) is 0. The maximum Gasteiger partial charge on any atom is 0.255 e. The van der Waals surface area contributed by atoms with Crippen molar-refractivity contribution in [2.75, 3.05) is 18.4 Å². The predicted molar refractivity (Wildman–Crippen MR) is 78.9 cm³/mol. The van der Waals surface area contributed by atoms with Gasteiger partial charge in [-0.2, -0.15) is 0 Å². The highest BCUT2D eigenvalue weighted by atomic mass is 79.9. The van der Waals surface area contributed by atoms with Gasteiger partial charge in [-0.05, 0) is 37.0 Å². The Morgan fingerprint density at radius 2 is 2.00 bits per heavy atom. The minimum absolute atomic E-state index is 0.0180. The third-order valence-corrected chi connectivity index (χ3v) is 4.76. The van der Waals surface area contributed by atoms with Gasteiger partial charge in [0.15, 0.2) is 0 Å². The van der Waals surface area contributed by atoms with E-state index in [9.17, 15) is 4.79 Å². The number of amides is 1. The van der Waals surface area contributed by atoms with E-state index >= 15 is 0 Å². The van der Waals surface area contributed by atoms with Crippen molar-refractivity contribution in [1.29, 1.82) is 0 Å². The van der Waals surface area contributed by atoms with Crippen LogP contribution < -0.4 is 0 Å². The van der Waals surface area contributed by atoms with Crippen LogP contribution >= 0.6 is 39.1 Å². The van der Waals surface area contributed by atoms with E-state index < -0.39 is 0 Å². The largest absolute Gasteiger partial charge is 0.339 e. The lowest BCUT2D eigenvalue weighted by Crippen LogP contribution is -2.38. The Bertz CT molecular complexity index is 445. The second kappa shape index (κ2) is 6.27. The first kappa shape index (κ1) is 14.2. The maximum atomic E-state index is 12.3. The van der Waals surface area contributed by atoms with Crippen molar-refractivity contribution in [2.45, 2.75) is 12.8 Å². The van der Waals surface area contributed by atoms with E-state index in [4.69, 9.17) is 23.2 Å². The molecule has 1 amide bonds. The molecular weight excluding hydrogens is 337 g/mol. The molecule has 98 valence electrons. The lowest BCUT2D eigenvalue weighted by molar-refractivity contribution is 0.0699. The highest BCUT2D eigenvalue weighted by Gasteiger charge is 2.24. The van der Waals surface area contributed by atoms with E-state index in [1.54, 1.807) is 18.2 Å². The molecule has 18 heavy (non-hydrogen) atoms. The molecule has 0 N–H and O–H groups in total. The fourth-order valence-electron chi connectivity index (χ4n) is 2.12. The molecule has 0 aliphatic carbocycles. The molecule has 0 bridgehead atoms. The lowest BCUT2D eigenvalue weighted by Gasteiger charge is -2.31. The predicted octanol–water partition coefficient (Wildman–Crippen LogP) is 4.24. The van der Waals surface area contributed by atoms with Gasteiger partial charge in [-0.1, -0.05) is 39.1 Å². The van der Waals surface area contributed by atoms with Crippen molar-refractivity contribution in [3.63, 3.8) is 0 Å². The Balaban J connectivity index is 2.10. The van der Waals surface area contributed by atoms with Gasteiger partial charge in [-0.15, -0.1) is 0 Å². The van der Waals surface area contributed by atoms with Gasteiger partial charge in [0, 0.05) is 23.4 Å². The average molecular weight is 351 g/mol. The molecule has 1 fully saturated rings. The summed E-state index contributed by atoms with van der Waals surface area (Å²) in [5.41, 5.74) is 0.501. The molecule has 0 radical (unpaired) electrons. The van der Waals surface area contributed by atoms with E-state index in [0.29, 0.717) is 21.5 Å². The average Bonchev–Trinajstić information content (AvgIpc) is 2.41. The maximum absolute atomic E-state index is 12.3. The monoisotopic (exact) mass is 349 g/mol. The summed E-state index contributed by atoms with van der Waals surface area (Å²) < 4.78 is 0. The number of carbonyl (C=O) groups excluding carboxylic acids is 1. The highest BCUT2D eigenvalue weighted by Crippen LogP contribution is 2.25. The van der Waals surface area contributed by atoms with Gasteiger partial charge >= 0.3 is 0 Å². The normalized spacial score (nSPS) is 16.9. The van der Waals surface area contributed by atoms with E-state index in [1.165, 1.54) is 0 Å². The molecule has 0 saturated carbocycles. The van der Waals surface area contributed by atoms with Gasteiger partial charge in [0.1, 0.15) is 0 Å². The van der Waals surface area contributed by atoms with E-state index in [1.807, 2.05) is 4.90 Å². The first-order valence-corrected chi connectivity index (χ1v) is 7.80. The number of nitrogens with zero attached hydrogens (tertiary/aromatic N) is 1. The molecule has 1 aliphatic heterocycles. The zero-order chi connectivity index (χ0) is 13.1. The minimum Gasteiger partial charge on any atom is -0.339 e. The fraction of sp³-hybridized carbons (Fsp3) is 0.462. The summed E-state index contributed by atoms with van der Waals surface area (Å²) in [6.07, 6.45) is 2.07. The van der Waals surface area contributed by atoms with E-state index in [2.05, 4.69) is 15.9 Å². The van der Waals surface area contributed by atoms with E-state index in [0.717, 1.165) is 31.3 Å². The number of carbonyl (C=O) groups is 1. The molecule has 1 saturated heterocycles. The SMILES string of the molecule is O=C(c1cc(Cl)ccc1Cl)N1CCC(CBr)CC1. The number of benzene rings is 1. The molecule has 1 aromatic rings. The smallest absolute Gasteiger partial charge is 0.255 e. The summed E-state index contributed by atoms with van der Waals surface area (Å²) in [6, 6.07) is 5.00. The Morgan fingerprint density at radius 3 is 2.61 bits per heavy atom. The van der Waals surface area contributed by atoms with Crippen molar-refractivity contribution in [1.82, 2.24) is 4.90 Å². The molecule has 1 aromatic carbocycles. The molecule has 0 aromatic heterocycles. The first-order chi connectivity index (χ1) is 8.61. The minimum atomic E-state index is -0.0180. The van der Waals surface area contributed by atoms with E-state index in [-0.39, 0.29) is 5.91 Å². The van der Waals surface area contributed by atoms with Gasteiger partial charge in [-0.25, -0.2) is 0 Å². The van der Waals surface area contributed by atoms with Gasteiger partial charge in [0.25, 0.3) is 5.91 Å². The van der Waals surface area contributed by atoms with Crippen molar-refractivity contribution < 1.29 is 4.79 Å². The fourth-order valence-corrected chi connectivity index (χ4v) is 3.14. The zero-order valence-corrected chi connectivity index (χ0v) is 12.9. The van der Waals surface area contributed by atoms with Crippen LogP contribution in [-0.4, -0.2) is 29.2 Å². The van der Waals surface area contributed by atoms with Gasteiger partial charge in [-0.3, -0.25) is 4.79 Å². The Hall–Kier alpha value is -0.250. The summed E-state index contributed by atoms with van der Waals surface area (Å²) >= 11 is 15.5. The molecule has 2 rings (SSSR count). The number of likely N-dealkylation sites (tertiary alicyclic amines) is 1. The van der Waals surface area contributed by atoms with Gasteiger partial charge in [0.2, 0.25) is 0 Å². The summed E-state index contributed by atoms with van der Waals surface area (Å²) in [4.78, 5) is 14.2. The van der Waals surface area contributed by atoms with Crippen LogP contribution in [0.1, 0.15) is 23.2 Å². The molecule has 0 unspecified atom stereocenters. The van der Waals surface area contributed by atoms with Crippen molar-refractivity contribution in [2.24, 2.45) is 5.92 Å². The Morgan fingerprint density at radius 1 is 1.33 bits per heavy atom.